The van der Waals surface area contributed by atoms with Crippen LogP contribution in [-0.4, -0.2) is 9.55 Å². The molecule has 1 aliphatic carbocycles. The van der Waals surface area contributed by atoms with Crippen molar-refractivity contribution in [3.8, 4) is 11.4 Å². The summed E-state index contributed by atoms with van der Waals surface area (Å²) in [5, 5.41) is 0.762. The van der Waals surface area contributed by atoms with Gasteiger partial charge in [0.25, 0.3) is 0 Å². The lowest BCUT2D eigenvalue weighted by atomic mass is 10.1. The average Bonchev–Trinajstić information content (AvgIpc) is 3.22. The Balaban J connectivity index is 2.01. The minimum absolute atomic E-state index is 0.507. The fraction of sp³-hybridized carbons (Fsp3) is 0.235. The predicted octanol–water partition coefficient (Wildman–Crippen LogP) is 4.58. The van der Waals surface area contributed by atoms with Crippen LogP contribution in [0.1, 0.15) is 24.4 Å². The summed E-state index contributed by atoms with van der Waals surface area (Å²) in [7, 11) is 0. The molecule has 0 bridgehead atoms. The van der Waals surface area contributed by atoms with Crippen LogP contribution in [0.15, 0.2) is 36.4 Å². The molecule has 0 amide bonds. The molecule has 3 aromatic rings. The topological polar surface area (TPSA) is 43.8 Å². The standard InChI is InChI=1S/C17H16ClN3/c1-10-5-6-11(9-14(10)19)17-20-15-4-2-3-13(18)16(15)21(17)12-7-8-12/h2-6,9,12H,7-8,19H2,1H3. The quantitative estimate of drug-likeness (QED) is 0.703. The van der Waals surface area contributed by atoms with Crippen molar-refractivity contribution in [2.75, 3.05) is 5.73 Å². The molecule has 0 aliphatic heterocycles. The Kier molecular flexibility index (Phi) is 2.73. The first kappa shape index (κ1) is 12.7. The number of hydrogen-bond donors (Lipinski definition) is 1. The van der Waals surface area contributed by atoms with Crippen molar-refractivity contribution in [2.24, 2.45) is 0 Å². The largest absolute Gasteiger partial charge is 0.398 e. The molecule has 0 atom stereocenters. The van der Waals surface area contributed by atoms with Gasteiger partial charge < -0.3 is 10.3 Å². The number of anilines is 1. The van der Waals surface area contributed by atoms with E-state index in [4.69, 9.17) is 22.3 Å². The summed E-state index contributed by atoms with van der Waals surface area (Å²) >= 11 is 6.41. The van der Waals surface area contributed by atoms with Crippen molar-refractivity contribution in [3.05, 3.63) is 47.0 Å². The van der Waals surface area contributed by atoms with E-state index in [1.807, 2.05) is 37.3 Å². The summed E-state index contributed by atoms with van der Waals surface area (Å²) in [6, 6.07) is 12.5. The summed E-state index contributed by atoms with van der Waals surface area (Å²) in [6.07, 6.45) is 2.37. The Labute approximate surface area is 128 Å². The number of halogens is 1. The first-order chi connectivity index (χ1) is 10.1. The number of nitrogens with two attached hydrogens (primary N) is 1. The highest BCUT2D eigenvalue weighted by molar-refractivity contribution is 6.35. The Hall–Kier alpha value is -2.00. The van der Waals surface area contributed by atoms with Crippen molar-refractivity contribution >= 4 is 28.3 Å². The molecular weight excluding hydrogens is 282 g/mol. The molecule has 0 spiro atoms. The van der Waals surface area contributed by atoms with Crippen molar-refractivity contribution in [1.82, 2.24) is 9.55 Å². The molecule has 4 rings (SSSR count). The van der Waals surface area contributed by atoms with Gasteiger partial charge in [0, 0.05) is 17.3 Å². The van der Waals surface area contributed by atoms with Crippen LogP contribution < -0.4 is 5.73 Å². The summed E-state index contributed by atoms with van der Waals surface area (Å²) < 4.78 is 2.28. The smallest absolute Gasteiger partial charge is 0.141 e. The minimum Gasteiger partial charge on any atom is -0.398 e. The number of imidazole rings is 1. The lowest BCUT2D eigenvalue weighted by Crippen LogP contribution is -1.99. The number of fused-ring (bicyclic) bond motifs is 1. The van der Waals surface area contributed by atoms with Gasteiger partial charge in [-0.15, -0.1) is 0 Å². The lowest BCUT2D eigenvalue weighted by Gasteiger charge is -2.10. The number of hydrogen-bond acceptors (Lipinski definition) is 2. The van der Waals surface area contributed by atoms with Crippen LogP contribution in [0.2, 0.25) is 5.02 Å². The van der Waals surface area contributed by atoms with Crippen LogP contribution in [0, 0.1) is 6.92 Å². The normalized spacial score (nSPS) is 14.8. The SMILES string of the molecule is Cc1ccc(-c2nc3cccc(Cl)c3n2C2CC2)cc1N. The summed E-state index contributed by atoms with van der Waals surface area (Å²) in [5.41, 5.74) is 11.0. The first-order valence-corrected chi connectivity index (χ1v) is 7.56. The van der Waals surface area contributed by atoms with Crippen molar-refractivity contribution in [2.45, 2.75) is 25.8 Å². The van der Waals surface area contributed by atoms with Crippen LogP contribution in [0.5, 0.6) is 0 Å². The highest BCUT2D eigenvalue weighted by Crippen LogP contribution is 2.43. The van der Waals surface area contributed by atoms with E-state index in [9.17, 15) is 0 Å². The van der Waals surface area contributed by atoms with Crippen molar-refractivity contribution < 1.29 is 0 Å². The van der Waals surface area contributed by atoms with Gasteiger partial charge in [-0.1, -0.05) is 29.8 Å². The van der Waals surface area contributed by atoms with Crippen LogP contribution >= 0.6 is 11.6 Å². The van der Waals surface area contributed by atoms with Crippen LogP contribution in [0.25, 0.3) is 22.4 Å². The zero-order chi connectivity index (χ0) is 14.6. The number of nitrogens with zero attached hydrogens (tertiary/aromatic N) is 2. The van der Waals surface area contributed by atoms with Crippen LogP contribution in [0.3, 0.4) is 0 Å². The van der Waals surface area contributed by atoms with Gasteiger partial charge in [-0.3, -0.25) is 0 Å². The maximum absolute atomic E-state index is 6.41. The highest BCUT2D eigenvalue weighted by atomic mass is 35.5. The number of rotatable bonds is 2. The minimum atomic E-state index is 0.507. The predicted molar refractivity (Wildman–Crippen MR) is 87.6 cm³/mol. The second-order valence-electron chi connectivity index (χ2n) is 5.72. The Morgan fingerprint density at radius 1 is 1.24 bits per heavy atom. The summed E-state index contributed by atoms with van der Waals surface area (Å²) in [5.74, 6) is 0.965. The molecule has 1 aliphatic rings. The van der Waals surface area contributed by atoms with Crippen LogP contribution in [0.4, 0.5) is 5.69 Å². The lowest BCUT2D eigenvalue weighted by molar-refractivity contribution is 0.775. The Morgan fingerprint density at radius 2 is 2.05 bits per heavy atom. The van der Waals surface area contributed by atoms with E-state index >= 15 is 0 Å². The van der Waals surface area contributed by atoms with Gasteiger partial charge in [-0.05, 0) is 43.5 Å². The van der Waals surface area contributed by atoms with Gasteiger partial charge >= 0.3 is 0 Å². The molecule has 1 heterocycles. The van der Waals surface area contributed by atoms with Crippen LogP contribution in [-0.2, 0) is 0 Å². The van der Waals surface area contributed by atoms with E-state index in [0.717, 1.165) is 38.7 Å². The molecule has 0 radical (unpaired) electrons. The fourth-order valence-corrected chi connectivity index (χ4v) is 3.04. The third kappa shape index (κ3) is 2.00. The van der Waals surface area contributed by atoms with E-state index in [1.165, 1.54) is 12.8 Å². The molecule has 1 saturated carbocycles. The van der Waals surface area contributed by atoms with Crippen molar-refractivity contribution in [3.63, 3.8) is 0 Å². The van der Waals surface area contributed by atoms with Gasteiger partial charge in [0.2, 0.25) is 0 Å². The number of nitrogen functional groups attached to an aromatic ring is 1. The molecule has 0 saturated heterocycles. The molecule has 2 N–H and O–H groups in total. The van der Waals surface area contributed by atoms with Crippen molar-refractivity contribution in [1.29, 1.82) is 0 Å². The first-order valence-electron chi connectivity index (χ1n) is 7.18. The van der Waals surface area contributed by atoms with E-state index in [2.05, 4.69) is 10.6 Å². The van der Waals surface area contributed by atoms with E-state index in [0.29, 0.717) is 6.04 Å². The molecule has 4 heteroatoms. The highest BCUT2D eigenvalue weighted by Gasteiger charge is 2.29. The number of benzene rings is 2. The van der Waals surface area contributed by atoms with Gasteiger partial charge in [0.15, 0.2) is 0 Å². The third-order valence-electron chi connectivity index (χ3n) is 4.11. The Bertz CT molecular complexity index is 847. The average molecular weight is 298 g/mol. The summed E-state index contributed by atoms with van der Waals surface area (Å²) in [6.45, 7) is 2.01. The van der Waals surface area contributed by atoms with Gasteiger partial charge in [-0.25, -0.2) is 4.98 Å². The Morgan fingerprint density at radius 3 is 2.76 bits per heavy atom. The molecule has 0 unspecified atom stereocenters. The molecular formula is C17H16ClN3. The van der Waals surface area contributed by atoms with E-state index in [-0.39, 0.29) is 0 Å². The molecule has 21 heavy (non-hydrogen) atoms. The van der Waals surface area contributed by atoms with Gasteiger partial charge in [0.1, 0.15) is 5.82 Å². The van der Waals surface area contributed by atoms with Gasteiger partial charge in [-0.2, -0.15) is 0 Å². The molecule has 1 aromatic heterocycles. The number of aromatic nitrogens is 2. The zero-order valence-electron chi connectivity index (χ0n) is 11.8. The van der Waals surface area contributed by atoms with E-state index < -0.39 is 0 Å². The number of aryl methyl sites for hydroxylation is 1. The monoisotopic (exact) mass is 297 g/mol. The maximum Gasteiger partial charge on any atom is 0.141 e. The second-order valence-corrected chi connectivity index (χ2v) is 6.12. The fourth-order valence-electron chi connectivity index (χ4n) is 2.78. The molecule has 3 nitrogen and oxygen atoms in total. The maximum atomic E-state index is 6.41. The summed E-state index contributed by atoms with van der Waals surface area (Å²) in [4.78, 5) is 4.80. The van der Waals surface area contributed by atoms with Gasteiger partial charge in [0.05, 0.1) is 16.1 Å². The molecule has 2 aromatic carbocycles. The van der Waals surface area contributed by atoms with E-state index in [1.54, 1.807) is 0 Å². The zero-order valence-corrected chi connectivity index (χ0v) is 12.6. The second kappa shape index (κ2) is 4.50. The molecule has 1 fully saturated rings. The molecule has 106 valence electrons. The number of para-hydroxylation sites is 1. The third-order valence-corrected chi connectivity index (χ3v) is 4.42.